The van der Waals surface area contributed by atoms with Gasteiger partial charge in [0.2, 0.25) is 5.91 Å². The number of halogens is 2. The van der Waals surface area contributed by atoms with Gasteiger partial charge in [0.15, 0.2) is 0 Å². The van der Waals surface area contributed by atoms with Crippen molar-refractivity contribution >= 4 is 28.8 Å². The molecule has 3 rings (SSSR count). The van der Waals surface area contributed by atoms with E-state index in [1.807, 2.05) is 0 Å². The molecule has 0 atom stereocenters. The number of nitrogens with two attached hydrogens (primary N) is 2. The Balaban J connectivity index is 1.82. The number of amides is 1. The van der Waals surface area contributed by atoms with Gasteiger partial charge in [0.25, 0.3) is 0 Å². The first kappa shape index (κ1) is 19.1. The summed E-state index contributed by atoms with van der Waals surface area (Å²) >= 11 is 0. The standard InChI is InChI=1S/C20H19F2N5O/c21-14-5-12(6-15(22)8-14)10-25-18-9-20(26-11-13(18)7-19(24)28)27-17-3-1-16(23)2-4-17/h1-6,8-9,11H,7,10,23H2,(H2,24,28)(H2,25,26,27). The Kier molecular flexibility index (Phi) is 5.69. The molecule has 0 saturated carbocycles. The molecule has 8 heteroatoms. The maximum atomic E-state index is 13.4. The van der Waals surface area contributed by atoms with E-state index in [4.69, 9.17) is 11.5 Å². The van der Waals surface area contributed by atoms with Gasteiger partial charge < -0.3 is 22.1 Å². The Labute approximate surface area is 160 Å². The number of nitrogen functional groups attached to an aromatic ring is 1. The van der Waals surface area contributed by atoms with Gasteiger partial charge in [-0.25, -0.2) is 13.8 Å². The van der Waals surface area contributed by atoms with Crippen molar-refractivity contribution in [3.05, 3.63) is 77.5 Å². The molecule has 0 unspecified atom stereocenters. The van der Waals surface area contributed by atoms with E-state index in [2.05, 4.69) is 15.6 Å². The summed E-state index contributed by atoms with van der Waals surface area (Å²) in [5.41, 5.74) is 14.0. The summed E-state index contributed by atoms with van der Waals surface area (Å²) in [6.45, 7) is 0.158. The molecule has 0 aliphatic heterocycles. The van der Waals surface area contributed by atoms with Crippen LogP contribution >= 0.6 is 0 Å². The monoisotopic (exact) mass is 383 g/mol. The minimum absolute atomic E-state index is 0.0189. The predicted octanol–water partition coefficient (Wildman–Crippen LogP) is 3.33. The zero-order valence-electron chi connectivity index (χ0n) is 14.9. The highest BCUT2D eigenvalue weighted by Gasteiger charge is 2.09. The van der Waals surface area contributed by atoms with E-state index in [-0.39, 0.29) is 13.0 Å². The maximum absolute atomic E-state index is 13.4. The molecule has 3 aromatic rings. The van der Waals surface area contributed by atoms with Crippen molar-refractivity contribution in [3.63, 3.8) is 0 Å². The molecule has 0 saturated heterocycles. The van der Waals surface area contributed by atoms with E-state index >= 15 is 0 Å². The number of carbonyl (C=O) groups excluding carboxylic acids is 1. The molecule has 6 N–H and O–H groups in total. The van der Waals surface area contributed by atoms with E-state index < -0.39 is 17.5 Å². The van der Waals surface area contributed by atoms with Crippen LogP contribution in [0.3, 0.4) is 0 Å². The molecule has 1 heterocycles. The Morgan fingerprint density at radius 1 is 1.04 bits per heavy atom. The van der Waals surface area contributed by atoms with Gasteiger partial charge in [0, 0.05) is 47.5 Å². The molecule has 0 radical (unpaired) electrons. The Morgan fingerprint density at radius 2 is 1.71 bits per heavy atom. The zero-order valence-corrected chi connectivity index (χ0v) is 14.9. The van der Waals surface area contributed by atoms with Crippen LogP contribution in [0.5, 0.6) is 0 Å². The van der Waals surface area contributed by atoms with Gasteiger partial charge in [-0.3, -0.25) is 4.79 Å². The number of carbonyl (C=O) groups is 1. The number of benzene rings is 2. The number of hydrogen-bond donors (Lipinski definition) is 4. The number of primary amides is 1. The van der Waals surface area contributed by atoms with Crippen molar-refractivity contribution in [3.8, 4) is 0 Å². The molecular weight excluding hydrogens is 364 g/mol. The van der Waals surface area contributed by atoms with Gasteiger partial charge in [0.05, 0.1) is 6.42 Å². The van der Waals surface area contributed by atoms with E-state index in [0.717, 1.165) is 11.8 Å². The van der Waals surface area contributed by atoms with Crippen molar-refractivity contribution in [2.45, 2.75) is 13.0 Å². The third-order valence-electron chi connectivity index (χ3n) is 3.94. The number of nitrogens with zero attached hydrogens (tertiary/aromatic N) is 1. The van der Waals surface area contributed by atoms with Gasteiger partial charge in [0.1, 0.15) is 17.5 Å². The van der Waals surface area contributed by atoms with Crippen molar-refractivity contribution in [2.24, 2.45) is 5.73 Å². The first-order valence-electron chi connectivity index (χ1n) is 8.47. The molecule has 0 bridgehead atoms. The summed E-state index contributed by atoms with van der Waals surface area (Å²) in [5.74, 6) is -1.31. The molecular formula is C20H19F2N5O. The van der Waals surface area contributed by atoms with Gasteiger partial charge in [-0.2, -0.15) is 0 Å². The second-order valence-electron chi connectivity index (χ2n) is 6.25. The van der Waals surface area contributed by atoms with Crippen LogP contribution in [0, 0.1) is 11.6 Å². The van der Waals surface area contributed by atoms with Crippen LogP contribution in [-0.2, 0) is 17.8 Å². The smallest absolute Gasteiger partial charge is 0.221 e. The molecule has 1 aromatic heterocycles. The van der Waals surface area contributed by atoms with E-state index in [0.29, 0.717) is 28.3 Å². The molecule has 6 nitrogen and oxygen atoms in total. The first-order valence-corrected chi connectivity index (χ1v) is 8.47. The second-order valence-corrected chi connectivity index (χ2v) is 6.25. The summed E-state index contributed by atoms with van der Waals surface area (Å²) in [6.07, 6.45) is 1.51. The van der Waals surface area contributed by atoms with Crippen molar-refractivity contribution in [2.75, 3.05) is 16.4 Å². The summed E-state index contributed by atoms with van der Waals surface area (Å²) in [6, 6.07) is 12.1. The number of aromatic nitrogens is 1. The fourth-order valence-electron chi connectivity index (χ4n) is 2.67. The highest BCUT2D eigenvalue weighted by atomic mass is 19.1. The van der Waals surface area contributed by atoms with Crippen molar-refractivity contribution in [1.82, 2.24) is 4.98 Å². The topological polar surface area (TPSA) is 106 Å². The third kappa shape index (κ3) is 5.16. The molecule has 144 valence electrons. The molecule has 0 spiro atoms. The van der Waals surface area contributed by atoms with Gasteiger partial charge >= 0.3 is 0 Å². The zero-order chi connectivity index (χ0) is 20.1. The quantitative estimate of drug-likeness (QED) is 0.468. The number of anilines is 4. The average Bonchev–Trinajstić information content (AvgIpc) is 2.62. The van der Waals surface area contributed by atoms with Crippen LogP contribution in [0.4, 0.5) is 31.7 Å². The molecule has 0 aliphatic carbocycles. The highest BCUT2D eigenvalue weighted by molar-refractivity contribution is 5.79. The van der Waals surface area contributed by atoms with Crippen molar-refractivity contribution < 1.29 is 13.6 Å². The fourth-order valence-corrected chi connectivity index (χ4v) is 2.67. The lowest BCUT2D eigenvalue weighted by atomic mass is 10.1. The summed E-state index contributed by atoms with van der Waals surface area (Å²) in [4.78, 5) is 15.6. The Morgan fingerprint density at radius 3 is 2.36 bits per heavy atom. The Hall–Kier alpha value is -3.68. The molecule has 0 aliphatic rings. The predicted molar refractivity (Wildman–Crippen MR) is 105 cm³/mol. The number of hydrogen-bond acceptors (Lipinski definition) is 5. The summed E-state index contributed by atoms with van der Waals surface area (Å²) in [7, 11) is 0. The first-order chi connectivity index (χ1) is 13.4. The molecule has 28 heavy (non-hydrogen) atoms. The summed E-state index contributed by atoms with van der Waals surface area (Å²) in [5, 5.41) is 6.21. The number of nitrogens with one attached hydrogen (secondary N) is 2. The van der Waals surface area contributed by atoms with Gasteiger partial charge in [-0.1, -0.05) is 0 Å². The Bertz CT molecular complexity index is 972. The minimum atomic E-state index is -0.658. The van der Waals surface area contributed by atoms with Crippen LogP contribution in [0.25, 0.3) is 0 Å². The van der Waals surface area contributed by atoms with Crippen LogP contribution in [0.15, 0.2) is 54.7 Å². The average molecular weight is 383 g/mol. The lowest BCUT2D eigenvalue weighted by Crippen LogP contribution is -2.15. The van der Waals surface area contributed by atoms with Crippen LogP contribution < -0.4 is 22.1 Å². The minimum Gasteiger partial charge on any atom is -0.399 e. The van der Waals surface area contributed by atoms with Crippen LogP contribution in [-0.4, -0.2) is 10.9 Å². The number of pyridine rings is 1. The van der Waals surface area contributed by atoms with E-state index in [1.54, 1.807) is 30.3 Å². The molecule has 1 amide bonds. The lowest BCUT2D eigenvalue weighted by molar-refractivity contribution is -0.117. The SMILES string of the molecule is NC(=O)Cc1cnc(Nc2ccc(N)cc2)cc1NCc1cc(F)cc(F)c1. The summed E-state index contributed by atoms with van der Waals surface area (Å²) < 4.78 is 26.8. The van der Waals surface area contributed by atoms with E-state index in [9.17, 15) is 13.6 Å². The van der Waals surface area contributed by atoms with Gasteiger partial charge in [-0.15, -0.1) is 0 Å². The van der Waals surface area contributed by atoms with Crippen LogP contribution in [0.1, 0.15) is 11.1 Å². The fraction of sp³-hybridized carbons (Fsp3) is 0.100. The highest BCUT2D eigenvalue weighted by Crippen LogP contribution is 2.23. The third-order valence-corrected chi connectivity index (χ3v) is 3.94. The van der Waals surface area contributed by atoms with E-state index in [1.165, 1.54) is 18.3 Å². The van der Waals surface area contributed by atoms with Gasteiger partial charge in [-0.05, 0) is 42.0 Å². The second kappa shape index (κ2) is 8.34. The molecule has 0 fully saturated rings. The van der Waals surface area contributed by atoms with Crippen LogP contribution in [0.2, 0.25) is 0 Å². The maximum Gasteiger partial charge on any atom is 0.221 e. The van der Waals surface area contributed by atoms with Crippen molar-refractivity contribution in [1.29, 1.82) is 0 Å². The molecule has 2 aromatic carbocycles. The largest absolute Gasteiger partial charge is 0.399 e. The normalized spacial score (nSPS) is 10.5. The number of rotatable bonds is 7. The lowest BCUT2D eigenvalue weighted by Gasteiger charge is -2.14.